The van der Waals surface area contributed by atoms with Gasteiger partial charge < -0.3 is 18.6 Å². The van der Waals surface area contributed by atoms with Crippen LogP contribution in [0.15, 0.2) is 75.0 Å². The van der Waals surface area contributed by atoms with E-state index in [9.17, 15) is 14.9 Å². The first-order valence-electron chi connectivity index (χ1n) is 10.7. The molecule has 1 aliphatic rings. The number of rotatable bonds is 5. The van der Waals surface area contributed by atoms with Gasteiger partial charge in [0.05, 0.1) is 46.2 Å². The molecule has 5 aromatic rings. The van der Waals surface area contributed by atoms with Crippen LogP contribution in [0.1, 0.15) is 5.56 Å². The molecule has 178 valence electrons. The highest BCUT2D eigenvalue weighted by Crippen LogP contribution is 2.37. The van der Waals surface area contributed by atoms with Gasteiger partial charge in [0.25, 0.3) is 11.2 Å². The monoisotopic (exact) mass is 484 g/mol. The van der Waals surface area contributed by atoms with Crippen molar-refractivity contribution < 1.29 is 23.6 Å². The molecule has 0 radical (unpaired) electrons. The Balaban J connectivity index is 1.57. The summed E-state index contributed by atoms with van der Waals surface area (Å²) in [5.74, 6) is 1.60. The molecule has 3 heterocycles. The Morgan fingerprint density at radius 1 is 1.08 bits per heavy atom. The molecular weight excluding hydrogens is 468 g/mol. The topological polar surface area (TPSA) is 131 Å². The van der Waals surface area contributed by atoms with E-state index in [1.165, 1.54) is 18.3 Å². The summed E-state index contributed by atoms with van der Waals surface area (Å²) in [6.07, 6.45) is 1.21. The third-order valence-electron chi connectivity index (χ3n) is 5.75. The van der Waals surface area contributed by atoms with Crippen LogP contribution in [0.4, 0.5) is 5.69 Å². The van der Waals surface area contributed by atoms with Gasteiger partial charge in [0.15, 0.2) is 17.3 Å². The van der Waals surface area contributed by atoms with Crippen molar-refractivity contribution in [2.45, 2.75) is 0 Å². The summed E-state index contributed by atoms with van der Waals surface area (Å²) in [4.78, 5) is 29.2. The highest BCUT2D eigenvalue weighted by Gasteiger charge is 2.23. The third kappa shape index (κ3) is 3.41. The third-order valence-corrected chi connectivity index (χ3v) is 5.75. The zero-order valence-corrected chi connectivity index (χ0v) is 18.7. The second-order valence-electron chi connectivity index (χ2n) is 7.82. The zero-order valence-electron chi connectivity index (χ0n) is 18.7. The standard InChI is InChI=1S/C25H16N4O7/c1-33-19-7-4-8-20-16(19)10-23(36-20)24-27-17-6-3-2-5-15(17)25(30)28(24)26-12-14-9-21-22(35-13-34-21)11-18(14)29(31)32/h2-12H,13H2,1H3. The van der Waals surface area contributed by atoms with E-state index in [4.69, 9.17) is 18.6 Å². The first kappa shape index (κ1) is 21.4. The first-order valence-corrected chi connectivity index (χ1v) is 10.7. The smallest absolute Gasteiger partial charge is 0.282 e. The molecule has 0 N–H and O–H groups in total. The van der Waals surface area contributed by atoms with E-state index < -0.39 is 10.5 Å². The van der Waals surface area contributed by atoms with Crippen LogP contribution in [0.3, 0.4) is 0 Å². The Labute approximate surface area is 201 Å². The minimum Gasteiger partial charge on any atom is -0.496 e. The van der Waals surface area contributed by atoms with Gasteiger partial charge in [-0.2, -0.15) is 9.78 Å². The van der Waals surface area contributed by atoms with Gasteiger partial charge in [-0.05, 0) is 36.4 Å². The largest absolute Gasteiger partial charge is 0.496 e. The Bertz CT molecular complexity index is 1770. The first-order chi connectivity index (χ1) is 17.5. The van der Waals surface area contributed by atoms with Gasteiger partial charge >= 0.3 is 0 Å². The van der Waals surface area contributed by atoms with Crippen LogP contribution >= 0.6 is 0 Å². The molecule has 2 aromatic heterocycles. The molecule has 0 saturated carbocycles. The second kappa shape index (κ2) is 8.24. The van der Waals surface area contributed by atoms with E-state index in [1.54, 1.807) is 55.6 Å². The van der Waals surface area contributed by atoms with Crippen molar-refractivity contribution in [3.63, 3.8) is 0 Å². The van der Waals surface area contributed by atoms with Crippen molar-refractivity contribution in [1.82, 2.24) is 9.66 Å². The van der Waals surface area contributed by atoms with Crippen LogP contribution in [0.5, 0.6) is 17.2 Å². The maximum atomic E-state index is 13.5. The number of nitrogens with zero attached hydrogens (tertiary/aromatic N) is 4. The van der Waals surface area contributed by atoms with Crippen molar-refractivity contribution in [3.05, 3.63) is 86.7 Å². The maximum absolute atomic E-state index is 13.5. The highest BCUT2D eigenvalue weighted by atomic mass is 16.7. The molecule has 0 atom stereocenters. The lowest BCUT2D eigenvalue weighted by molar-refractivity contribution is -0.385. The van der Waals surface area contributed by atoms with Crippen molar-refractivity contribution in [2.24, 2.45) is 5.10 Å². The summed E-state index contributed by atoms with van der Waals surface area (Å²) >= 11 is 0. The Morgan fingerprint density at radius 3 is 2.69 bits per heavy atom. The number of furan rings is 1. The molecule has 0 amide bonds. The van der Waals surface area contributed by atoms with Crippen LogP contribution in [0, 0.1) is 10.1 Å². The normalized spacial score (nSPS) is 12.6. The Morgan fingerprint density at radius 2 is 1.89 bits per heavy atom. The van der Waals surface area contributed by atoms with E-state index in [0.717, 1.165) is 4.68 Å². The lowest BCUT2D eigenvalue weighted by Crippen LogP contribution is -2.20. The number of aromatic nitrogens is 2. The lowest BCUT2D eigenvalue weighted by atomic mass is 10.1. The fourth-order valence-electron chi connectivity index (χ4n) is 4.04. The fraction of sp³-hybridized carbons (Fsp3) is 0.0800. The van der Waals surface area contributed by atoms with Crippen LogP contribution in [-0.2, 0) is 0 Å². The summed E-state index contributed by atoms with van der Waals surface area (Å²) in [6, 6.07) is 16.6. The molecule has 6 rings (SSSR count). The van der Waals surface area contributed by atoms with Gasteiger partial charge in [0.2, 0.25) is 12.6 Å². The number of nitro benzene ring substituents is 1. The molecule has 0 unspecified atom stereocenters. The molecule has 0 fully saturated rings. The van der Waals surface area contributed by atoms with E-state index in [-0.39, 0.29) is 35.4 Å². The number of hydrogen-bond acceptors (Lipinski definition) is 9. The van der Waals surface area contributed by atoms with E-state index in [2.05, 4.69) is 10.1 Å². The van der Waals surface area contributed by atoms with Crippen LogP contribution in [0.25, 0.3) is 33.5 Å². The van der Waals surface area contributed by atoms with Crippen molar-refractivity contribution in [3.8, 4) is 28.8 Å². The summed E-state index contributed by atoms with van der Waals surface area (Å²) < 4.78 is 23.0. The molecule has 1 aliphatic heterocycles. The lowest BCUT2D eigenvalue weighted by Gasteiger charge is -2.07. The fourth-order valence-corrected chi connectivity index (χ4v) is 4.04. The quantitative estimate of drug-likeness (QED) is 0.205. The van der Waals surface area contributed by atoms with Crippen LogP contribution < -0.4 is 19.8 Å². The van der Waals surface area contributed by atoms with Gasteiger partial charge in [0, 0.05) is 0 Å². The molecule has 0 spiro atoms. The number of para-hydroxylation sites is 1. The molecule has 36 heavy (non-hydrogen) atoms. The number of hydrogen-bond donors (Lipinski definition) is 0. The van der Waals surface area contributed by atoms with Gasteiger partial charge in [0.1, 0.15) is 11.3 Å². The summed E-state index contributed by atoms with van der Waals surface area (Å²) in [6.45, 7) is -0.0409. The molecule has 11 heteroatoms. The van der Waals surface area contributed by atoms with Gasteiger partial charge in [-0.25, -0.2) is 4.98 Å². The molecule has 11 nitrogen and oxygen atoms in total. The van der Waals surface area contributed by atoms with Crippen LogP contribution in [-0.4, -0.2) is 34.7 Å². The number of nitro groups is 1. The van der Waals surface area contributed by atoms with Gasteiger partial charge in [-0.1, -0.05) is 18.2 Å². The van der Waals surface area contributed by atoms with Crippen molar-refractivity contribution in [1.29, 1.82) is 0 Å². The van der Waals surface area contributed by atoms with Crippen molar-refractivity contribution >= 4 is 33.8 Å². The summed E-state index contributed by atoms with van der Waals surface area (Å²) in [5, 5.41) is 17.0. The number of fused-ring (bicyclic) bond motifs is 3. The SMILES string of the molecule is COc1cccc2oc(-c3nc4ccccc4c(=O)n3N=Cc3cc4c(cc3[N+](=O)[O-])OCO4)cc12. The molecule has 0 bridgehead atoms. The molecule has 0 aliphatic carbocycles. The van der Waals surface area contributed by atoms with Crippen molar-refractivity contribution in [2.75, 3.05) is 13.9 Å². The number of methoxy groups -OCH3 is 1. The Hall–Kier alpha value is -5.19. The predicted molar refractivity (Wildman–Crippen MR) is 130 cm³/mol. The average molecular weight is 484 g/mol. The minimum atomic E-state index is -0.558. The van der Waals surface area contributed by atoms with E-state index in [0.29, 0.717) is 33.4 Å². The second-order valence-corrected chi connectivity index (χ2v) is 7.82. The number of benzene rings is 3. The molecule has 0 saturated heterocycles. The predicted octanol–water partition coefficient (Wildman–Crippen LogP) is 4.34. The van der Waals surface area contributed by atoms with Crippen LogP contribution in [0.2, 0.25) is 0 Å². The summed E-state index contributed by atoms with van der Waals surface area (Å²) in [7, 11) is 1.55. The highest BCUT2D eigenvalue weighted by molar-refractivity contribution is 5.89. The maximum Gasteiger partial charge on any atom is 0.282 e. The van der Waals surface area contributed by atoms with E-state index in [1.807, 2.05) is 0 Å². The van der Waals surface area contributed by atoms with Gasteiger partial charge in [-0.15, -0.1) is 0 Å². The van der Waals surface area contributed by atoms with E-state index >= 15 is 0 Å². The van der Waals surface area contributed by atoms with Gasteiger partial charge in [-0.3, -0.25) is 14.9 Å². The number of ether oxygens (including phenoxy) is 3. The minimum absolute atomic E-state index is 0.0409. The molecular formula is C25H16N4O7. The zero-order chi connectivity index (χ0) is 24.8. The average Bonchev–Trinajstić information content (AvgIpc) is 3.54. The molecule has 3 aromatic carbocycles. The summed E-state index contributed by atoms with van der Waals surface area (Å²) in [5.41, 5.74) is 0.392. The Kier molecular flexibility index (Phi) is 4.88.